The van der Waals surface area contributed by atoms with Gasteiger partial charge in [-0.05, 0) is 6.92 Å². The van der Waals surface area contributed by atoms with Gasteiger partial charge in [0.2, 0.25) is 0 Å². The van der Waals surface area contributed by atoms with Gasteiger partial charge in [0.15, 0.2) is 0 Å². The summed E-state index contributed by atoms with van der Waals surface area (Å²) in [6.45, 7) is 3.52. The standard InChI is InChI=1S/C7H12N2O2/c1-2-11-7(10)6-3-8-5-9-4-6/h3,8-9H,2,4-5H2,1H3. The van der Waals surface area contributed by atoms with Gasteiger partial charge < -0.3 is 10.1 Å². The van der Waals surface area contributed by atoms with Crippen molar-refractivity contribution in [1.82, 2.24) is 10.6 Å². The molecule has 0 aliphatic carbocycles. The summed E-state index contributed by atoms with van der Waals surface area (Å²) in [5.41, 5.74) is 0.651. The van der Waals surface area contributed by atoms with E-state index in [1.807, 2.05) is 0 Å². The van der Waals surface area contributed by atoms with Crippen LogP contribution in [0, 0.1) is 0 Å². The number of hydrogen-bond acceptors (Lipinski definition) is 4. The normalized spacial score (nSPS) is 16.6. The van der Waals surface area contributed by atoms with Crippen molar-refractivity contribution in [3.05, 3.63) is 11.8 Å². The summed E-state index contributed by atoms with van der Waals surface area (Å²) in [6, 6.07) is 0. The molecule has 2 N–H and O–H groups in total. The van der Waals surface area contributed by atoms with Crippen molar-refractivity contribution in [3.63, 3.8) is 0 Å². The zero-order chi connectivity index (χ0) is 8.10. The summed E-state index contributed by atoms with van der Waals surface area (Å²) in [7, 11) is 0. The molecule has 0 aromatic rings. The molecule has 4 nitrogen and oxygen atoms in total. The Hall–Kier alpha value is -1.03. The second-order valence-corrected chi connectivity index (χ2v) is 2.20. The fourth-order valence-electron chi connectivity index (χ4n) is 0.849. The van der Waals surface area contributed by atoms with E-state index in [2.05, 4.69) is 10.6 Å². The minimum absolute atomic E-state index is 0.243. The number of esters is 1. The van der Waals surface area contributed by atoms with E-state index in [1.165, 1.54) is 0 Å². The van der Waals surface area contributed by atoms with Crippen molar-refractivity contribution in [2.45, 2.75) is 6.92 Å². The maximum Gasteiger partial charge on any atom is 0.336 e. The van der Waals surface area contributed by atoms with Crippen LogP contribution in [0.3, 0.4) is 0 Å². The van der Waals surface area contributed by atoms with Crippen molar-refractivity contribution < 1.29 is 9.53 Å². The minimum atomic E-state index is -0.243. The Labute approximate surface area is 65.6 Å². The van der Waals surface area contributed by atoms with Gasteiger partial charge in [0, 0.05) is 12.7 Å². The molecule has 0 unspecified atom stereocenters. The molecule has 0 fully saturated rings. The van der Waals surface area contributed by atoms with Gasteiger partial charge >= 0.3 is 5.97 Å². The van der Waals surface area contributed by atoms with Crippen LogP contribution in [0.5, 0.6) is 0 Å². The first kappa shape index (κ1) is 8.07. The average molecular weight is 156 g/mol. The summed E-state index contributed by atoms with van der Waals surface area (Å²) in [5.74, 6) is -0.243. The quantitative estimate of drug-likeness (QED) is 0.533. The molecular weight excluding hydrogens is 144 g/mol. The Bertz CT molecular complexity index is 177. The van der Waals surface area contributed by atoms with Gasteiger partial charge in [0.1, 0.15) is 0 Å². The Morgan fingerprint density at radius 1 is 1.82 bits per heavy atom. The van der Waals surface area contributed by atoms with Gasteiger partial charge in [-0.2, -0.15) is 0 Å². The van der Waals surface area contributed by atoms with E-state index in [0.717, 1.165) is 0 Å². The number of carbonyl (C=O) groups excluding carboxylic acids is 1. The molecule has 1 rings (SSSR count). The topological polar surface area (TPSA) is 50.4 Å². The summed E-state index contributed by atoms with van der Waals surface area (Å²) in [4.78, 5) is 11.0. The van der Waals surface area contributed by atoms with E-state index in [1.54, 1.807) is 13.1 Å². The van der Waals surface area contributed by atoms with Crippen LogP contribution < -0.4 is 10.6 Å². The van der Waals surface area contributed by atoms with E-state index < -0.39 is 0 Å². The van der Waals surface area contributed by atoms with E-state index in [0.29, 0.717) is 25.4 Å². The predicted molar refractivity (Wildman–Crippen MR) is 40.7 cm³/mol. The lowest BCUT2D eigenvalue weighted by molar-refractivity contribution is -0.138. The van der Waals surface area contributed by atoms with Gasteiger partial charge in [-0.15, -0.1) is 0 Å². The largest absolute Gasteiger partial charge is 0.463 e. The molecule has 11 heavy (non-hydrogen) atoms. The second kappa shape index (κ2) is 3.98. The average Bonchev–Trinajstić information content (AvgIpc) is 2.07. The first-order valence-electron chi connectivity index (χ1n) is 3.65. The van der Waals surface area contributed by atoms with Crippen LogP contribution in [0.1, 0.15) is 6.92 Å². The first-order valence-corrected chi connectivity index (χ1v) is 3.65. The summed E-state index contributed by atoms with van der Waals surface area (Å²) < 4.78 is 4.79. The van der Waals surface area contributed by atoms with E-state index >= 15 is 0 Å². The highest BCUT2D eigenvalue weighted by atomic mass is 16.5. The maximum atomic E-state index is 11.0. The number of carbonyl (C=O) groups is 1. The highest BCUT2D eigenvalue weighted by molar-refractivity contribution is 5.88. The van der Waals surface area contributed by atoms with Gasteiger partial charge in [-0.3, -0.25) is 5.32 Å². The molecule has 0 aromatic carbocycles. The molecule has 1 aliphatic rings. The molecule has 0 saturated heterocycles. The van der Waals surface area contributed by atoms with Gasteiger partial charge in [-0.1, -0.05) is 0 Å². The van der Waals surface area contributed by atoms with Crippen molar-refractivity contribution >= 4 is 5.97 Å². The summed E-state index contributed by atoms with van der Waals surface area (Å²) in [6.07, 6.45) is 1.69. The molecular formula is C7H12N2O2. The van der Waals surface area contributed by atoms with Crippen molar-refractivity contribution in [1.29, 1.82) is 0 Å². The Kier molecular flexibility index (Phi) is 2.92. The molecule has 1 heterocycles. The summed E-state index contributed by atoms with van der Waals surface area (Å²) in [5, 5.41) is 5.89. The number of nitrogens with one attached hydrogen (secondary N) is 2. The Balaban J connectivity index is 2.44. The van der Waals surface area contributed by atoms with Crippen LogP contribution in [0.25, 0.3) is 0 Å². The second-order valence-electron chi connectivity index (χ2n) is 2.20. The molecule has 0 atom stereocenters. The van der Waals surface area contributed by atoms with Crippen LogP contribution in [0.15, 0.2) is 11.8 Å². The van der Waals surface area contributed by atoms with Crippen molar-refractivity contribution in [3.8, 4) is 0 Å². The fraction of sp³-hybridized carbons (Fsp3) is 0.571. The van der Waals surface area contributed by atoms with Crippen LogP contribution in [-0.4, -0.2) is 25.8 Å². The monoisotopic (exact) mass is 156 g/mol. The molecule has 4 heteroatoms. The minimum Gasteiger partial charge on any atom is -0.463 e. The lowest BCUT2D eigenvalue weighted by Gasteiger charge is -2.13. The lowest BCUT2D eigenvalue weighted by atomic mass is 10.2. The van der Waals surface area contributed by atoms with Crippen LogP contribution in [0.2, 0.25) is 0 Å². The molecule has 0 spiro atoms. The molecule has 0 saturated carbocycles. The smallest absolute Gasteiger partial charge is 0.336 e. The predicted octanol–water partition coefficient (Wildman–Crippen LogP) is -0.416. The zero-order valence-electron chi connectivity index (χ0n) is 6.52. The Morgan fingerprint density at radius 3 is 3.18 bits per heavy atom. The number of hydrogen-bond donors (Lipinski definition) is 2. The fourth-order valence-corrected chi connectivity index (χ4v) is 0.849. The third kappa shape index (κ3) is 2.23. The molecule has 0 radical (unpaired) electrons. The molecule has 1 aliphatic heterocycles. The van der Waals surface area contributed by atoms with Crippen LogP contribution in [0.4, 0.5) is 0 Å². The number of rotatable bonds is 2. The first-order chi connectivity index (χ1) is 5.34. The highest BCUT2D eigenvalue weighted by Crippen LogP contribution is 1.97. The van der Waals surface area contributed by atoms with E-state index in [9.17, 15) is 4.79 Å². The van der Waals surface area contributed by atoms with Crippen LogP contribution >= 0.6 is 0 Å². The zero-order valence-corrected chi connectivity index (χ0v) is 6.52. The number of ether oxygens (including phenoxy) is 1. The highest BCUT2D eigenvalue weighted by Gasteiger charge is 2.11. The van der Waals surface area contributed by atoms with Crippen molar-refractivity contribution in [2.75, 3.05) is 19.8 Å². The molecule has 62 valence electrons. The third-order valence-electron chi connectivity index (χ3n) is 1.36. The molecule has 0 bridgehead atoms. The maximum absolute atomic E-state index is 11.0. The third-order valence-corrected chi connectivity index (χ3v) is 1.36. The lowest BCUT2D eigenvalue weighted by Crippen LogP contribution is -2.35. The summed E-state index contributed by atoms with van der Waals surface area (Å²) >= 11 is 0. The van der Waals surface area contributed by atoms with Crippen molar-refractivity contribution in [2.24, 2.45) is 0 Å². The van der Waals surface area contributed by atoms with Gasteiger partial charge in [-0.25, -0.2) is 4.79 Å². The Morgan fingerprint density at radius 2 is 2.64 bits per heavy atom. The van der Waals surface area contributed by atoms with Gasteiger partial charge in [0.05, 0.1) is 18.8 Å². The van der Waals surface area contributed by atoms with Crippen LogP contribution in [-0.2, 0) is 9.53 Å². The van der Waals surface area contributed by atoms with E-state index in [-0.39, 0.29) is 5.97 Å². The van der Waals surface area contributed by atoms with Gasteiger partial charge in [0.25, 0.3) is 0 Å². The van der Waals surface area contributed by atoms with E-state index in [4.69, 9.17) is 4.74 Å². The molecule has 0 amide bonds. The molecule has 0 aromatic heterocycles. The SMILES string of the molecule is CCOC(=O)C1=CNCNC1.